The lowest BCUT2D eigenvalue weighted by Crippen LogP contribution is -2.47. The maximum atomic E-state index is 5.34. The number of ether oxygens (including phenoxy) is 3. The average Bonchev–Trinajstić information content (AvgIpc) is 2.71. The van der Waals surface area contributed by atoms with Gasteiger partial charge in [0.15, 0.2) is 0 Å². The molecule has 0 bridgehead atoms. The Morgan fingerprint density at radius 3 is 1.04 bits per heavy atom. The molecule has 1 fully saturated rings. The highest BCUT2D eigenvalue weighted by atomic mass is 16.5. The molecule has 0 aromatic heterocycles. The van der Waals surface area contributed by atoms with Gasteiger partial charge in [-0.2, -0.15) is 0 Å². The summed E-state index contributed by atoms with van der Waals surface area (Å²) >= 11 is 0. The van der Waals surface area contributed by atoms with Gasteiger partial charge in [0.1, 0.15) is 0 Å². The van der Waals surface area contributed by atoms with Crippen molar-refractivity contribution in [2.75, 3.05) is 120 Å². The van der Waals surface area contributed by atoms with Crippen molar-refractivity contribution >= 4 is 0 Å². The van der Waals surface area contributed by atoms with Crippen LogP contribution in [0.3, 0.4) is 0 Å². The van der Waals surface area contributed by atoms with Crippen molar-refractivity contribution < 1.29 is 14.2 Å². The van der Waals surface area contributed by atoms with E-state index in [1.807, 2.05) is 0 Å². The molecule has 0 saturated carbocycles. The normalized spacial score (nSPS) is 20.1. The Morgan fingerprint density at radius 1 is 0.500 bits per heavy atom. The number of nitrogens with zero attached hydrogens (tertiary/aromatic N) is 4. The van der Waals surface area contributed by atoms with Gasteiger partial charge in [0.25, 0.3) is 0 Å². The molecule has 1 saturated heterocycles. The molecule has 28 heavy (non-hydrogen) atoms. The number of hydrogen-bond donors (Lipinski definition) is 0. The van der Waals surface area contributed by atoms with Crippen LogP contribution in [0.5, 0.6) is 0 Å². The maximum Gasteiger partial charge on any atom is 0.0589 e. The second kappa shape index (κ2) is 17.6. The predicted octanol–water partition coefficient (Wildman–Crippen LogP) is 0.947. The first-order valence-corrected chi connectivity index (χ1v) is 11.1. The Hall–Kier alpha value is -0.280. The molecule has 0 aliphatic carbocycles. The molecule has 1 rings (SSSR count). The summed E-state index contributed by atoms with van der Waals surface area (Å²) < 4.78 is 16.0. The fourth-order valence-electron chi connectivity index (χ4n) is 3.52. The summed E-state index contributed by atoms with van der Waals surface area (Å²) in [6.45, 7) is 17.7. The molecule has 1 aliphatic rings. The molecular formula is C21H46N4O3. The zero-order valence-electron chi connectivity index (χ0n) is 19.0. The summed E-state index contributed by atoms with van der Waals surface area (Å²) in [6, 6.07) is 0. The number of methoxy groups -OCH3 is 3. The van der Waals surface area contributed by atoms with Crippen LogP contribution in [0.4, 0.5) is 0 Å². The van der Waals surface area contributed by atoms with Crippen LogP contribution < -0.4 is 0 Å². The van der Waals surface area contributed by atoms with E-state index in [0.717, 1.165) is 91.8 Å². The van der Waals surface area contributed by atoms with Gasteiger partial charge in [0, 0.05) is 93.3 Å². The third kappa shape index (κ3) is 12.3. The number of unbranched alkanes of at least 4 members (excludes halogenated alkanes) is 1. The molecule has 168 valence electrons. The van der Waals surface area contributed by atoms with Crippen molar-refractivity contribution in [2.45, 2.75) is 19.8 Å². The summed E-state index contributed by atoms with van der Waals surface area (Å²) in [7, 11) is 5.38. The second-order valence-corrected chi connectivity index (χ2v) is 7.70. The molecule has 1 aliphatic heterocycles. The van der Waals surface area contributed by atoms with E-state index in [-0.39, 0.29) is 0 Å². The molecule has 0 atom stereocenters. The third-order valence-electron chi connectivity index (χ3n) is 5.59. The second-order valence-electron chi connectivity index (χ2n) is 7.70. The summed E-state index contributed by atoms with van der Waals surface area (Å²) in [5.41, 5.74) is 0. The van der Waals surface area contributed by atoms with Crippen LogP contribution in [0.25, 0.3) is 0 Å². The van der Waals surface area contributed by atoms with Gasteiger partial charge in [-0.3, -0.25) is 14.7 Å². The van der Waals surface area contributed by atoms with E-state index in [1.54, 1.807) is 21.3 Å². The topological polar surface area (TPSA) is 40.7 Å². The van der Waals surface area contributed by atoms with E-state index in [9.17, 15) is 0 Å². The minimum absolute atomic E-state index is 0.793. The first-order chi connectivity index (χ1) is 13.7. The molecule has 0 aromatic carbocycles. The predicted molar refractivity (Wildman–Crippen MR) is 116 cm³/mol. The summed E-state index contributed by atoms with van der Waals surface area (Å²) in [4.78, 5) is 10.3. The fourth-order valence-corrected chi connectivity index (χ4v) is 3.52. The van der Waals surface area contributed by atoms with Gasteiger partial charge >= 0.3 is 0 Å². The SMILES string of the molecule is CCCCN1CCN(CCOC)CCN(CCOC)CCN(CCOC)CC1. The van der Waals surface area contributed by atoms with Crippen molar-refractivity contribution in [1.29, 1.82) is 0 Å². The Balaban J connectivity index is 2.73. The summed E-state index contributed by atoms with van der Waals surface area (Å²) in [5.74, 6) is 0. The Labute approximate surface area is 173 Å². The first-order valence-electron chi connectivity index (χ1n) is 11.1. The van der Waals surface area contributed by atoms with Crippen LogP contribution >= 0.6 is 0 Å². The van der Waals surface area contributed by atoms with Crippen molar-refractivity contribution in [2.24, 2.45) is 0 Å². The Kier molecular flexibility index (Phi) is 16.2. The molecule has 7 heteroatoms. The van der Waals surface area contributed by atoms with Gasteiger partial charge in [0.05, 0.1) is 19.8 Å². The minimum atomic E-state index is 0.793. The average molecular weight is 403 g/mol. The number of hydrogen-bond acceptors (Lipinski definition) is 7. The van der Waals surface area contributed by atoms with Crippen molar-refractivity contribution in [1.82, 2.24) is 19.6 Å². The van der Waals surface area contributed by atoms with Crippen molar-refractivity contribution in [3.05, 3.63) is 0 Å². The highest BCUT2D eigenvalue weighted by Gasteiger charge is 2.16. The van der Waals surface area contributed by atoms with Gasteiger partial charge in [0.2, 0.25) is 0 Å². The van der Waals surface area contributed by atoms with Crippen LogP contribution in [-0.2, 0) is 14.2 Å². The van der Waals surface area contributed by atoms with Gasteiger partial charge in [-0.25, -0.2) is 0 Å². The van der Waals surface area contributed by atoms with E-state index in [0.29, 0.717) is 0 Å². The minimum Gasteiger partial charge on any atom is -0.383 e. The lowest BCUT2D eigenvalue weighted by atomic mass is 10.3. The molecule has 0 spiro atoms. The van der Waals surface area contributed by atoms with Gasteiger partial charge < -0.3 is 19.1 Å². The zero-order chi connectivity index (χ0) is 20.5. The quantitative estimate of drug-likeness (QED) is 0.481. The van der Waals surface area contributed by atoms with E-state index >= 15 is 0 Å². The molecule has 0 amide bonds. The van der Waals surface area contributed by atoms with Crippen molar-refractivity contribution in [3.63, 3.8) is 0 Å². The maximum absolute atomic E-state index is 5.34. The highest BCUT2D eigenvalue weighted by molar-refractivity contribution is 4.72. The van der Waals surface area contributed by atoms with Crippen LogP contribution in [-0.4, -0.2) is 139 Å². The standard InChI is InChI=1S/C21H46N4O3/c1-5-6-7-22-8-10-23(16-19-26-2)12-14-25(18-21-28-4)15-13-24(11-9-22)17-20-27-3/h5-21H2,1-4H3. The molecule has 0 aromatic rings. The monoisotopic (exact) mass is 402 g/mol. The lowest BCUT2D eigenvalue weighted by molar-refractivity contribution is 0.0861. The number of rotatable bonds is 12. The largest absolute Gasteiger partial charge is 0.383 e. The van der Waals surface area contributed by atoms with Crippen LogP contribution in [0.1, 0.15) is 19.8 Å². The first kappa shape index (κ1) is 25.8. The van der Waals surface area contributed by atoms with E-state index in [1.165, 1.54) is 19.4 Å². The van der Waals surface area contributed by atoms with Gasteiger partial charge in [-0.15, -0.1) is 0 Å². The van der Waals surface area contributed by atoms with Gasteiger partial charge in [-0.05, 0) is 13.0 Å². The van der Waals surface area contributed by atoms with E-state index in [2.05, 4.69) is 26.5 Å². The summed E-state index contributed by atoms with van der Waals surface area (Å²) in [6.07, 6.45) is 2.53. The molecule has 0 N–H and O–H groups in total. The third-order valence-corrected chi connectivity index (χ3v) is 5.59. The Bertz CT molecular complexity index is 270. The molecule has 0 radical (unpaired) electrons. The molecule has 1 heterocycles. The fraction of sp³-hybridized carbons (Fsp3) is 1.00. The summed E-state index contributed by atoms with van der Waals surface area (Å²) in [5, 5.41) is 0. The highest BCUT2D eigenvalue weighted by Crippen LogP contribution is 2.03. The van der Waals surface area contributed by atoms with E-state index < -0.39 is 0 Å². The Morgan fingerprint density at radius 2 is 0.786 bits per heavy atom. The van der Waals surface area contributed by atoms with Crippen LogP contribution in [0, 0.1) is 0 Å². The lowest BCUT2D eigenvalue weighted by Gasteiger charge is -2.34. The van der Waals surface area contributed by atoms with E-state index in [4.69, 9.17) is 14.2 Å². The molecular weight excluding hydrogens is 356 g/mol. The van der Waals surface area contributed by atoms with Crippen molar-refractivity contribution in [3.8, 4) is 0 Å². The van der Waals surface area contributed by atoms with Gasteiger partial charge in [-0.1, -0.05) is 13.3 Å². The molecule has 7 nitrogen and oxygen atoms in total. The molecule has 0 unspecified atom stereocenters. The zero-order valence-corrected chi connectivity index (χ0v) is 19.0. The van der Waals surface area contributed by atoms with Crippen LogP contribution in [0.2, 0.25) is 0 Å². The smallest absolute Gasteiger partial charge is 0.0589 e. The van der Waals surface area contributed by atoms with Crippen LogP contribution in [0.15, 0.2) is 0 Å².